The molecule has 0 saturated carbocycles. The Labute approximate surface area is 99.3 Å². The molecule has 86 valence electrons. The van der Waals surface area contributed by atoms with Crippen molar-refractivity contribution in [2.24, 2.45) is 0 Å². The molecule has 0 fully saturated rings. The average molecular weight is 241 g/mol. The van der Waals surface area contributed by atoms with Gasteiger partial charge in [0.05, 0.1) is 18.6 Å². The highest BCUT2D eigenvalue weighted by atomic mass is 35.5. The van der Waals surface area contributed by atoms with Crippen LogP contribution in [0.15, 0.2) is 24.8 Å². The van der Waals surface area contributed by atoms with Crippen LogP contribution in [0.25, 0.3) is 0 Å². The molecule has 0 heterocycles. The van der Waals surface area contributed by atoms with Crippen LogP contribution in [0, 0.1) is 0 Å². The van der Waals surface area contributed by atoms with E-state index >= 15 is 0 Å². The number of methoxy groups -OCH3 is 1. The van der Waals surface area contributed by atoms with Crippen molar-refractivity contribution in [1.82, 2.24) is 0 Å². The number of allylic oxidation sites excluding steroid dienone is 1. The summed E-state index contributed by atoms with van der Waals surface area (Å²) in [6.07, 6.45) is 2.31. The monoisotopic (exact) mass is 240 g/mol. The number of alkyl halides is 1. The van der Waals surface area contributed by atoms with Gasteiger partial charge in [-0.05, 0) is 24.1 Å². The lowest BCUT2D eigenvalue weighted by Crippen LogP contribution is -2.03. The minimum Gasteiger partial charge on any atom is -0.504 e. The zero-order valence-corrected chi connectivity index (χ0v) is 9.75. The Morgan fingerprint density at radius 3 is 2.81 bits per heavy atom. The first-order valence-corrected chi connectivity index (χ1v) is 5.27. The number of halogens is 1. The van der Waals surface area contributed by atoms with Crippen molar-refractivity contribution >= 4 is 17.4 Å². The van der Waals surface area contributed by atoms with Gasteiger partial charge in [0.15, 0.2) is 17.3 Å². The molecule has 0 aromatic heterocycles. The van der Waals surface area contributed by atoms with Crippen LogP contribution >= 0.6 is 11.6 Å². The molecule has 1 aromatic rings. The molecule has 0 aliphatic rings. The molecule has 1 rings (SSSR count). The van der Waals surface area contributed by atoms with E-state index in [-0.39, 0.29) is 28.7 Å². The average Bonchev–Trinajstić information content (AvgIpc) is 2.30. The first kappa shape index (κ1) is 12.6. The van der Waals surface area contributed by atoms with Gasteiger partial charge >= 0.3 is 0 Å². The number of phenolic OH excluding ortho intramolecular Hbond substituents is 1. The summed E-state index contributed by atoms with van der Waals surface area (Å²) >= 11 is 5.46. The molecule has 16 heavy (non-hydrogen) atoms. The number of aromatic hydroxyl groups is 1. The van der Waals surface area contributed by atoms with E-state index in [1.165, 1.54) is 7.11 Å². The first-order chi connectivity index (χ1) is 7.63. The Morgan fingerprint density at radius 1 is 1.62 bits per heavy atom. The fourth-order valence-electron chi connectivity index (χ4n) is 1.39. The lowest BCUT2D eigenvalue weighted by molar-refractivity contribution is 0.101. The maximum absolute atomic E-state index is 11.5. The van der Waals surface area contributed by atoms with Gasteiger partial charge in [-0.3, -0.25) is 4.79 Å². The third-order valence-electron chi connectivity index (χ3n) is 2.16. The number of Topliss-reactive ketones (excluding diaryl/α,β-unsaturated/α-hetero) is 1. The van der Waals surface area contributed by atoms with E-state index in [0.29, 0.717) is 6.42 Å². The van der Waals surface area contributed by atoms with E-state index in [0.717, 1.165) is 5.56 Å². The minimum absolute atomic E-state index is 0.166. The van der Waals surface area contributed by atoms with Crippen LogP contribution in [0.5, 0.6) is 11.5 Å². The second-order valence-corrected chi connectivity index (χ2v) is 3.51. The van der Waals surface area contributed by atoms with E-state index in [9.17, 15) is 9.90 Å². The molecule has 0 saturated heterocycles. The van der Waals surface area contributed by atoms with Crippen molar-refractivity contribution in [2.45, 2.75) is 6.42 Å². The number of carbonyl (C=O) groups excluding carboxylic acids is 1. The maximum atomic E-state index is 11.5. The summed E-state index contributed by atoms with van der Waals surface area (Å²) < 4.78 is 4.99. The summed E-state index contributed by atoms with van der Waals surface area (Å²) in [7, 11) is 1.43. The molecular formula is C12H13ClO3. The van der Waals surface area contributed by atoms with Gasteiger partial charge in [-0.1, -0.05) is 6.08 Å². The van der Waals surface area contributed by atoms with Crippen molar-refractivity contribution in [3.05, 3.63) is 35.9 Å². The first-order valence-electron chi connectivity index (χ1n) is 4.74. The summed E-state index contributed by atoms with van der Waals surface area (Å²) in [5, 5.41) is 9.75. The summed E-state index contributed by atoms with van der Waals surface area (Å²) in [5.41, 5.74) is 1.03. The molecule has 4 heteroatoms. The molecule has 0 radical (unpaired) electrons. The molecule has 0 amide bonds. The summed E-state index contributed by atoms with van der Waals surface area (Å²) in [5.74, 6) is -0.397. The second-order valence-electron chi connectivity index (χ2n) is 3.24. The Kier molecular flexibility index (Phi) is 4.38. The van der Waals surface area contributed by atoms with Gasteiger partial charge in [-0.25, -0.2) is 0 Å². The van der Waals surface area contributed by atoms with Gasteiger partial charge in [-0.15, -0.1) is 18.2 Å². The molecule has 0 spiro atoms. The van der Waals surface area contributed by atoms with Gasteiger partial charge in [0.2, 0.25) is 0 Å². The second kappa shape index (κ2) is 5.56. The largest absolute Gasteiger partial charge is 0.504 e. The highest BCUT2D eigenvalue weighted by Crippen LogP contribution is 2.32. The van der Waals surface area contributed by atoms with Crippen LogP contribution in [0.1, 0.15) is 15.9 Å². The topological polar surface area (TPSA) is 46.5 Å². The van der Waals surface area contributed by atoms with Gasteiger partial charge in [0.1, 0.15) is 0 Å². The molecule has 0 aliphatic heterocycles. The minimum atomic E-state index is -0.330. The molecule has 0 atom stereocenters. The molecule has 0 bridgehead atoms. The smallest absolute Gasteiger partial charge is 0.181 e. The molecule has 1 aromatic carbocycles. The van der Waals surface area contributed by atoms with Gasteiger partial charge in [0, 0.05) is 0 Å². The number of ether oxygens (including phenoxy) is 1. The van der Waals surface area contributed by atoms with E-state index in [1.54, 1.807) is 18.2 Å². The number of hydrogen-bond acceptors (Lipinski definition) is 3. The zero-order valence-electron chi connectivity index (χ0n) is 9.00. The number of hydrogen-bond donors (Lipinski definition) is 1. The van der Waals surface area contributed by atoms with Gasteiger partial charge in [-0.2, -0.15) is 0 Å². The lowest BCUT2D eigenvalue weighted by Gasteiger charge is -2.09. The van der Waals surface area contributed by atoms with Crippen LogP contribution in [0.3, 0.4) is 0 Å². The lowest BCUT2D eigenvalue weighted by atomic mass is 10.0. The summed E-state index contributed by atoms with van der Waals surface area (Å²) in [4.78, 5) is 11.5. The molecule has 0 aliphatic carbocycles. The van der Waals surface area contributed by atoms with Gasteiger partial charge < -0.3 is 9.84 Å². The van der Waals surface area contributed by atoms with Crippen LogP contribution < -0.4 is 4.74 Å². The fraction of sp³-hybridized carbons (Fsp3) is 0.250. The van der Waals surface area contributed by atoms with Crippen molar-refractivity contribution < 1.29 is 14.6 Å². The Balaban J connectivity index is 3.29. The van der Waals surface area contributed by atoms with E-state index in [1.807, 2.05) is 0 Å². The normalized spacial score (nSPS) is 9.88. The number of benzene rings is 1. The fourth-order valence-corrected chi connectivity index (χ4v) is 1.53. The van der Waals surface area contributed by atoms with Crippen LogP contribution in [-0.4, -0.2) is 23.9 Å². The predicted octanol–water partition coefficient (Wildman–Crippen LogP) is 2.55. The number of phenols is 1. The van der Waals surface area contributed by atoms with Crippen LogP contribution in [0.2, 0.25) is 0 Å². The molecule has 0 unspecified atom stereocenters. The Bertz CT molecular complexity index is 413. The highest BCUT2D eigenvalue weighted by molar-refractivity contribution is 6.30. The summed E-state index contributed by atoms with van der Waals surface area (Å²) in [6, 6.07) is 3.27. The van der Waals surface area contributed by atoms with Crippen molar-refractivity contribution in [3.8, 4) is 11.5 Å². The van der Waals surface area contributed by atoms with Crippen molar-refractivity contribution in [1.29, 1.82) is 0 Å². The quantitative estimate of drug-likeness (QED) is 0.489. The Morgan fingerprint density at radius 2 is 2.31 bits per heavy atom. The SMILES string of the molecule is C=CCc1cc(OC)c(O)c(C(=O)CCl)c1. The third kappa shape index (κ3) is 2.55. The van der Waals surface area contributed by atoms with Gasteiger partial charge in [0.25, 0.3) is 0 Å². The maximum Gasteiger partial charge on any atom is 0.181 e. The van der Waals surface area contributed by atoms with Crippen molar-refractivity contribution in [3.63, 3.8) is 0 Å². The van der Waals surface area contributed by atoms with Crippen molar-refractivity contribution in [2.75, 3.05) is 13.0 Å². The number of carbonyl (C=O) groups is 1. The third-order valence-corrected chi connectivity index (χ3v) is 2.40. The standard InChI is InChI=1S/C12H13ClO3/c1-3-4-8-5-9(10(14)7-13)12(15)11(6-8)16-2/h3,5-6,15H,1,4,7H2,2H3. The van der Waals surface area contributed by atoms with Crippen LogP contribution in [-0.2, 0) is 6.42 Å². The van der Waals surface area contributed by atoms with Crippen LogP contribution in [0.4, 0.5) is 0 Å². The predicted molar refractivity (Wildman–Crippen MR) is 63.6 cm³/mol. The summed E-state index contributed by atoms with van der Waals surface area (Å²) in [6.45, 7) is 3.61. The molecule has 1 N–H and O–H groups in total. The van der Waals surface area contributed by atoms with E-state index < -0.39 is 0 Å². The van der Waals surface area contributed by atoms with E-state index in [4.69, 9.17) is 16.3 Å². The molecular weight excluding hydrogens is 228 g/mol. The van der Waals surface area contributed by atoms with E-state index in [2.05, 4.69) is 6.58 Å². The Hall–Kier alpha value is -1.48. The highest BCUT2D eigenvalue weighted by Gasteiger charge is 2.15. The zero-order chi connectivity index (χ0) is 12.1. The number of ketones is 1. The molecule has 3 nitrogen and oxygen atoms in total. The number of rotatable bonds is 5.